The maximum absolute atomic E-state index is 11.6. The molecule has 86 valence electrons. The summed E-state index contributed by atoms with van der Waals surface area (Å²) in [6, 6.07) is 0. The molecule has 1 atom stereocenters. The Bertz CT molecular complexity index is 141. The summed E-state index contributed by atoms with van der Waals surface area (Å²) in [6.07, 6.45) is -4.30. The minimum absolute atomic E-state index is 0.256. The van der Waals surface area contributed by atoms with Crippen molar-refractivity contribution in [1.82, 2.24) is 5.32 Å². The Morgan fingerprint density at radius 2 is 2.07 bits per heavy atom. The molecule has 0 heterocycles. The Hall–Kier alpha value is -0.330. The number of hydrogen-bond acceptors (Lipinski definition) is 3. The molecule has 0 aliphatic carbocycles. The fourth-order valence-corrected chi connectivity index (χ4v) is 0.815. The molecule has 0 bridgehead atoms. The Morgan fingerprint density at radius 3 is 2.57 bits per heavy atom. The van der Waals surface area contributed by atoms with Gasteiger partial charge in [-0.2, -0.15) is 13.2 Å². The molecular weight excluding hydrogens is 199 g/mol. The van der Waals surface area contributed by atoms with E-state index in [2.05, 4.69) is 10.1 Å². The second-order valence-corrected chi connectivity index (χ2v) is 2.99. The molecule has 0 fully saturated rings. The molecule has 0 aromatic carbocycles. The fraction of sp³-hybridized carbons (Fsp3) is 1.00. The van der Waals surface area contributed by atoms with E-state index in [0.29, 0.717) is 0 Å². The average Bonchev–Trinajstić information content (AvgIpc) is 2.02. The third kappa shape index (κ3) is 9.76. The second kappa shape index (κ2) is 7.03. The zero-order valence-corrected chi connectivity index (χ0v) is 8.10. The van der Waals surface area contributed by atoms with Gasteiger partial charge in [-0.05, 0) is 13.0 Å². The molecule has 0 saturated heterocycles. The molecule has 3 nitrogen and oxygen atoms in total. The predicted molar refractivity (Wildman–Crippen MR) is 46.0 cm³/mol. The van der Waals surface area contributed by atoms with Crippen molar-refractivity contribution in [1.29, 1.82) is 0 Å². The Labute approximate surface area is 81.2 Å². The van der Waals surface area contributed by atoms with E-state index in [1.165, 1.54) is 0 Å². The van der Waals surface area contributed by atoms with Crippen LogP contribution < -0.4 is 5.32 Å². The van der Waals surface area contributed by atoms with Gasteiger partial charge in [0, 0.05) is 6.54 Å². The van der Waals surface area contributed by atoms with Crippen LogP contribution in [0.15, 0.2) is 0 Å². The van der Waals surface area contributed by atoms with Crippen molar-refractivity contribution in [3.05, 3.63) is 0 Å². The van der Waals surface area contributed by atoms with Crippen molar-refractivity contribution in [3.8, 4) is 0 Å². The number of halogens is 3. The number of aliphatic hydroxyl groups is 1. The van der Waals surface area contributed by atoms with Gasteiger partial charge in [-0.15, -0.1) is 0 Å². The molecule has 0 radical (unpaired) electrons. The highest BCUT2D eigenvalue weighted by Gasteiger charge is 2.27. The maximum atomic E-state index is 11.6. The molecule has 0 aromatic rings. The van der Waals surface area contributed by atoms with E-state index in [-0.39, 0.29) is 13.2 Å². The van der Waals surface area contributed by atoms with Crippen LogP contribution >= 0.6 is 0 Å². The molecule has 0 rings (SSSR count). The summed E-state index contributed by atoms with van der Waals surface area (Å²) < 4.78 is 39.0. The van der Waals surface area contributed by atoms with Gasteiger partial charge >= 0.3 is 6.18 Å². The molecule has 0 aromatic heterocycles. The quantitative estimate of drug-likeness (QED) is 0.621. The Morgan fingerprint density at radius 1 is 1.43 bits per heavy atom. The molecule has 0 amide bonds. The maximum Gasteiger partial charge on any atom is 0.411 e. The summed E-state index contributed by atoms with van der Waals surface area (Å²) >= 11 is 0. The zero-order chi connectivity index (χ0) is 11.0. The average molecular weight is 215 g/mol. The van der Waals surface area contributed by atoms with Crippen LogP contribution in [0.5, 0.6) is 0 Å². The number of alkyl halides is 3. The first-order valence-corrected chi connectivity index (χ1v) is 4.49. The van der Waals surface area contributed by atoms with Crippen LogP contribution in [-0.2, 0) is 4.74 Å². The highest BCUT2D eigenvalue weighted by molar-refractivity contribution is 4.58. The number of hydrogen-bond donors (Lipinski definition) is 2. The molecule has 0 spiro atoms. The van der Waals surface area contributed by atoms with Gasteiger partial charge < -0.3 is 15.2 Å². The highest BCUT2D eigenvalue weighted by Crippen LogP contribution is 2.14. The monoisotopic (exact) mass is 215 g/mol. The van der Waals surface area contributed by atoms with E-state index in [9.17, 15) is 13.2 Å². The van der Waals surface area contributed by atoms with E-state index < -0.39 is 18.9 Å². The number of ether oxygens (including phenoxy) is 1. The van der Waals surface area contributed by atoms with Gasteiger partial charge in [0.15, 0.2) is 0 Å². The predicted octanol–water partition coefficient (Wildman–Crippen LogP) is 0.926. The summed E-state index contributed by atoms with van der Waals surface area (Å²) in [7, 11) is 0. The standard InChI is InChI=1S/C8H16F3NO2/c1-2-3-12-4-7(13)5-14-6-8(9,10)11/h7,12-13H,2-6H2,1H3. The number of nitrogens with one attached hydrogen (secondary N) is 1. The van der Waals surface area contributed by atoms with Crippen molar-refractivity contribution in [2.24, 2.45) is 0 Å². The highest BCUT2D eigenvalue weighted by atomic mass is 19.4. The van der Waals surface area contributed by atoms with Gasteiger partial charge in [-0.3, -0.25) is 0 Å². The fourth-order valence-electron chi connectivity index (χ4n) is 0.815. The lowest BCUT2D eigenvalue weighted by Gasteiger charge is -2.12. The van der Waals surface area contributed by atoms with Crippen molar-refractivity contribution in [2.45, 2.75) is 25.6 Å². The van der Waals surface area contributed by atoms with Crippen LogP contribution in [0.2, 0.25) is 0 Å². The minimum Gasteiger partial charge on any atom is -0.389 e. The second-order valence-electron chi connectivity index (χ2n) is 2.99. The summed E-state index contributed by atoms with van der Waals surface area (Å²) in [5.41, 5.74) is 0. The lowest BCUT2D eigenvalue weighted by Crippen LogP contribution is -2.32. The van der Waals surface area contributed by atoms with E-state index in [1.807, 2.05) is 6.92 Å². The SMILES string of the molecule is CCCNCC(O)COCC(F)(F)F. The molecule has 2 N–H and O–H groups in total. The van der Waals surface area contributed by atoms with Crippen LogP contribution in [0.3, 0.4) is 0 Å². The van der Waals surface area contributed by atoms with Crippen molar-refractivity contribution in [3.63, 3.8) is 0 Å². The zero-order valence-electron chi connectivity index (χ0n) is 8.10. The van der Waals surface area contributed by atoms with E-state index in [4.69, 9.17) is 5.11 Å². The van der Waals surface area contributed by atoms with Gasteiger partial charge in [0.2, 0.25) is 0 Å². The van der Waals surface area contributed by atoms with Crippen LogP contribution in [0.4, 0.5) is 13.2 Å². The summed E-state index contributed by atoms with van der Waals surface area (Å²) in [5, 5.41) is 12.0. The minimum atomic E-state index is -4.32. The van der Waals surface area contributed by atoms with Gasteiger partial charge in [-0.25, -0.2) is 0 Å². The largest absolute Gasteiger partial charge is 0.411 e. The normalized spacial score (nSPS) is 14.4. The third-order valence-corrected chi connectivity index (χ3v) is 1.38. The first kappa shape index (κ1) is 13.7. The molecule has 0 aliphatic heterocycles. The van der Waals surface area contributed by atoms with Crippen LogP contribution in [0.1, 0.15) is 13.3 Å². The van der Waals surface area contributed by atoms with E-state index in [0.717, 1.165) is 13.0 Å². The number of rotatable bonds is 7. The first-order chi connectivity index (χ1) is 6.45. The lowest BCUT2D eigenvalue weighted by atomic mass is 10.3. The van der Waals surface area contributed by atoms with Gasteiger partial charge in [0.1, 0.15) is 6.61 Å². The van der Waals surface area contributed by atoms with Crippen molar-refractivity contribution < 1.29 is 23.0 Å². The summed E-state index contributed by atoms with van der Waals surface area (Å²) in [4.78, 5) is 0. The molecule has 0 aliphatic rings. The first-order valence-electron chi connectivity index (χ1n) is 4.49. The van der Waals surface area contributed by atoms with Gasteiger partial charge in [-0.1, -0.05) is 6.92 Å². The summed E-state index contributed by atoms with van der Waals surface area (Å²) in [5.74, 6) is 0. The Kier molecular flexibility index (Phi) is 6.86. The van der Waals surface area contributed by atoms with Gasteiger partial charge in [0.25, 0.3) is 0 Å². The number of aliphatic hydroxyl groups excluding tert-OH is 1. The topological polar surface area (TPSA) is 41.5 Å². The molecule has 14 heavy (non-hydrogen) atoms. The third-order valence-electron chi connectivity index (χ3n) is 1.38. The van der Waals surface area contributed by atoms with E-state index >= 15 is 0 Å². The molecule has 6 heteroatoms. The Balaban J connectivity index is 3.31. The lowest BCUT2D eigenvalue weighted by molar-refractivity contribution is -0.178. The summed E-state index contributed by atoms with van der Waals surface area (Å²) in [6.45, 7) is 1.34. The molecule has 0 saturated carbocycles. The van der Waals surface area contributed by atoms with Gasteiger partial charge in [0.05, 0.1) is 12.7 Å². The van der Waals surface area contributed by atoms with E-state index in [1.54, 1.807) is 0 Å². The van der Waals surface area contributed by atoms with Crippen LogP contribution in [-0.4, -0.2) is 43.7 Å². The van der Waals surface area contributed by atoms with Crippen molar-refractivity contribution in [2.75, 3.05) is 26.3 Å². The van der Waals surface area contributed by atoms with Crippen LogP contribution in [0, 0.1) is 0 Å². The van der Waals surface area contributed by atoms with Crippen LogP contribution in [0.25, 0.3) is 0 Å². The molecular formula is C8H16F3NO2. The van der Waals surface area contributed by atoms with Crippen molar-refractivity contribution >= 4 is 0 Å². The molecule has 1 unspecified atom stereocenters. The smallest absolute Gasteiger partial charge is 0.389 e.